The molecular formula is C20H29N5O. The summed E-state index contributed by atoms with van der Waals surface area (Å²) in [5.41, 5.74) is 3.19. The van der Waals surface area contributed by atoms with E-state index in [2.05, 4.69) is 31.2 Å². The maximum absolute atomic E-state index is 11.6. The van der Waals surface area contributed by atoms with Gasteiger partial charge in [-0.05, 0) is 36.2 Å². The van der Waals surface area contributed by atoms with E-state index in [1.165, 1.54) is 5.69 Å². The highest BCUT2D eigenvalue weighted by atomic mass is 16.1. The van der Waals surface area contributed by atoms with Gasteiger partial charge in [0.1, 0.15) is 0 Å². The topological polar surface area (TPSA) is 61.7 Å². The molecule has 0 aliphatic rings. The van der Waals surface area contributed by atoms with E-state index in [9.17, 15) is 4.79 Å². The number of carbonyl (C=O) groups excluding carboxylic acids is 1. The van der Waals surface area contributed by atoms with Crippen molar-refractivity contribution in [2.24, 2.45) is 12.0 Å². The lowest BCUT2D eigenvalue weighted by Gasteiger charge is -2.22. The number of hydrogen-bond acceptors (Lipinski definition) is 2. The summed E-state index contributed by atoms with van der Waals surface area (Å²) in [7, 11) is 5.85. The van der Waals surface area contributed by atoms with Gasteiger partial charge in [-0.1, -0.05) is 19.1 Å². The molecule has 6 heteroatoms. The van der Waals surface area contributed by atoms with Gasteiger partial charge < -0.3 is 20.1 Å². The Bertz CT molecular complexity index is 733. The Hall–Kier alpha value is -2.76. The van der Waals surface area contributed by atoms with Crippen LogP contribution in [0.25, 0.3) is 0 Å². The minimum atomic E-state index is 0.0566. The Balaban J connectivity index is 1.87. The van der Waals surface area contributed by atoms with Crippen LogP contribution in [0.4, 0.5) is 5.69 Å². The van der Waals surface area contributed by atoms with Gasteiger partial charge in [-0.25, -0.2) is 0 Å². The highest BCUT2D eigenvalue weighted by Gasteiger charge is 2.08. The first kappa shape index (κ1) is 19.6. The molecule has 0 saturated heterocycles. The minimum absolute atomic E-state index is 0.0566. The quantitative estimate of drug-likeness (QED) is 0.593. The average molecular weight is 355 g/mol. The molecule has 1 heterocycles. The van der Waals surface area contributed by atoms with Crippen LogP contribution in [0.2, 0.25) is 0 Å². The van der Waals surface area contributed by atoms with Crippen molar-refractivity contribution in [2.45, 2.75) is 32.9 Å². The lowest BCUT2D eigenvalue weighted by atomic mass is 10.2. The number of carbonyl (C=O) groups is 1. The fraction of sp³-hybridized carbons (Fsp3) is 0.400. The summed E-state index contributed by atoms with van der Waals surface area (Å²) in [5.74, 6) is 0.896. The lowest BCUT2D eigenvalue weighted by molar-refractivity contribution is -0.116. The van der Waals surface area contributed by atoms with Crippen molar-refractivity contribution in [3.63, 3.8) is 0 Å². The van der Waals surface area contributed by atoms with Crippen LogP contribution in [-0.2, 0) is 24.9 Å². The molecule has 0 unspecified atom stereocenters. The molecule has 0 spiro atoms. The minimum Gasteiger partial charge on any atom is -0.353 e. The average Bonchev–Trinajstić information content (AvgIpc) is 3.02. The maximum Gasteiger partial charge on any atom is 0.224 e. The van der Waals surface area contributed by atoms with Crippen LogP contribution < -0.4 is 10.6 Å². The Morgan fingerprint density at radius 2 is 1.96 bits per heavy atom. The molecule has 1 aromatic carbocycles. The molecule has 0 aliphatic heterocycles. The number of guanidine groups is 1. The van der Waals surface area contributed by atoms with Gasteiger partial charge in [0.2, 0.25) is 5.91 Å². The van der Waals surface area contributed by atoms with E-state index < -0.39 is 0 Å². The molecule has 0 radical (unpaired) electrons. The first-order valence-corrected chi connectivity index (χ1v) is 8.94. The fourth-order valence-electron chi connectivity index (χ4n) is 2.70. The van der Waals surface area contributed by atoms with Crippen LogP contribution in [0.5, 0.6) is 0 Å². The number of nitrogens with one attached hydrogen (secondary N) is 2. The molecule has 2 rings (SSSR count). The second-order valence-corrected chi connectivity index (χ2v) is 6.36. The Morgan fingerprint density at radius 3 is 2.54 bits per heavy atom. The second kappa shape index (κ2) is 9.65. The summed E-state index contributed by atoms with van der Waals surface area (Å²) in [6.45, 7) is 3.45. The van der Waals surface area contributed by atoms with E-state index >= 15 is 0 Å². The predicted octanol–water partition coefficient (Wildman–Crippen LogP) is 2.97. The van der Waals surface area contributed by atoms with Crippen LogP contribution in [0, 0.1) is 0 Å². The van der Waals surface area contributed by atoms with Crippen molar-refractivity contribution in [2.75, 3.05) is 19.4 Å². The third-order valence-corrected chi connectivity index (χ3v) is 4.19. The lowest BCUT2D eigenvalue weighted by Crippen LogP contribution is -2.38. The van der Waals surface area contributed by atoms with Gasteiger partial charge in [0.05, 0.1) is 6.54 Å². The highest BCUT2D eigenvalue weighted by Crippen LogP contribution is 2.10. The van der Waals surface area contributed by atoms with Crippen molar-refractivity contribution in [3.05, 3.63) is 53.9 Å². The van der Waals surface area contributed by atoms with Crippen molar-refractivity contribution in [3.8, 4) is 0 Å². The number of aryl methyl sites for hydroxylation is 1. The molecule has 6 nitrogen and oxygen atoms in total. The summed E-state index contributed by atoms with van der Waals surface area (Å²) in [4.78, 5) is 18.1. The Kier molecular flexibility index (Phi) is 7.26. The zero-order valence-electron chi connectivity index (χ0n) is 16.1. The van der Waals surface area contributed by atoms with Crippen LogP contribution in [0.1, 0.15) is 31.0 Å². The molecular weight excluding hydrogens is 326 g/mol. The van der Waals surface area contributed by atoms with E-state index in [1.807, 2.05) is 57.5 Å². The van der Waals surface area contributed by atoms with Gasteiger partial charge in [-0.15, -0.1) is 0 Å². The monoisotopic (exact) mass is 355 g/mol. The molecule has 0 bridgehead atoms. The number of hydrogen-bond donors (Lipinski definition) is 2. The standard InChI is InChI=1S/C20H29N5O/c1-5-7-19(26)23-17-11-9-16(10-12-17)14-22-20(21-2)25(4)15-18-8-6-13-24(18)3/h6,8-13H,5,7,14-15H2,1-4H3,(H,21,22)(H,23,26). The number of anilines is 1. The first-order valence-electron chi connectivity index (χ1n) is 8.94. The van der Waals surface area contributed by atoms with Gasteiger partial charge in [0.15, 0.2) is 5.96 Å². The molecule has 1 aromatic heterocycles. The number of amides is 1. The number of aliphatic imine (C=N–C) groups is 1. The summed E-state index contributed by atoms with van der Waals surface area (Å²) >= 11 is 0. The van der Waals surface area contributed by atoms with Crippen LogP contribution in [-0.4, -0.2) is 35.4 Å². The molecule has 0 fully saturated rings. The second-order valence-electron chi connectivity index (χ2n) is 6.36. The molecule has 0 aliphatic carbocycles. The van der Waals surface area contributed by atoms with Crippen molar-refractivity contribution < 1.29 is 4.79 Å². The van der Waals surface area contributed by atoms with Gasteiger partial charge in [-0.3, -0.25) is 9.79 Å². The summed E-state index contributed by atoms with van der Waals surface area (Å²) < 4.78 is 2.11. The van der Waals surface area contributed by atoms with Gasteiger partial charge in [0.25, 0.3) is 0 Å². The first-order chi connectivity index (χ1) is 12.5. The fourth-order valence-corrected chi connectivity index (χ4v) is 2.70. The van der Waals surface area contributed by atoms with Crippen LogP contribution in [0.15, 0.2) is 47.6 Å². The SMILES string of the molecule is CCCC(=O)Nc1ccc(CNC(=NC)N(C)Cc2cccn2C)cc1. The van der Waals surface area contributed by atoms with Gasteiger partial charge >= 0.3 is 0 Å². The summed E-state index contributed by atoms with van der Waals surface area (Å²) in [5, 5.41) is 6.28. The molecule has 26 heavy (non-hydrogen) atoms. The van der Waals surface area contributed by atoms with E-state index in [-0.39, 0.29) is 5.91 Å². The molecule has 0 atom stereocenters. The van der Waals surface area contributed by atoms with E-state index in [1.54, 1.807) is 7.05 Å². The van der Waals surface area contributed by atoms with Gasteiger partial charge in [0, 0.05) is 51.7 Å². The largest absolute Gasteiger partial charge is 0.353 e. The Morgan fingerprint density at radius 1 is 1.23 bits per heavy atom. The van der Waals surface area contributed by atoms with E-state index in [4.69, 9.17) is 0 Å². The summed E-state index contributed by atoms with van der Waals surface area (Å²) in [6, 6.07) is 12.0. The molecule has 2 N–H and O–H groups in total. The summed E-state index contributed by atoms with van der Waals surface area (Å²) in [6.07, 6.45) is 3.44. The van der Waals surface area contributed by atoms with E-state index in [0.29, 0.717) is 13.0 Å². The predicted molar refractivity (Wildman–Crippen MR) is 107 cm³/mol. The zero-order chi connectivity index (χ0) is 18.9. The van der Waals surface area contributed by atoms with Crippen molar-refractivity contribution in [1.82, 2.24) is 14.8 Å². The number of rotatable bonds is 7. The smallest absolute Gasteiger partial charge is 0.224 e. The third-order valence-electron chi connectivity index (χ3n) is 4.19. The zero-order valence-corrected chi connectivity index (χ0v) is 16.1. The number of benzene rings is 1. The molecule has 0 saturated carbocycles. The molecule has 140 valence electrons. The molecule has 1 amide bonds. The van der Waals surface area contributed by atoms with Crippen LogP contribution >= 0.6 is 0 Å². The van der Waals surface area contributed by atoms with Crippen molar-refractivity contribution >= 4 is 17.6 Å². The maximum atomic E-state index is 11.6. The highest BCUT2D eigenvalue weighted by molar-refractivity contribution is 5.90. The molecule has 2 aromatic rings. The van der Waals surface area contributed by atoms with Crippen molar-refractivity contribution in [1.29, 1.82) is 0 Å². The van der Waals surface area contributed by atoms with Crippen LogP contribution in [0.3, 0.4) is 0 Å². The van der Waals surface area contributed by atoms with E-state index in [0.717, 1.165) is 30.2 Å². The number of aromatic nitrogens is 1. The van der Waals surface area contributed by atoms with Gasteiger partial charge in [-0.2, -0.15) is 0 Å². The Labute approximate surface area is 155 Å². The normalized spacial score (nSPS) is 11.3. The number of nitrogens with zero attached hydrogens (tertiary/aromatic N) is 3. The third kappa shape index (κ3) is 5.65.